The van der Waals surface area contributed by atoms with E-state index in [1.54, 1.807) is 10.9 Å². The van der Waals surface area contributed by atoms with Gasteiger partial charge in [-0.25, -0.2) is 8.78 Å². The van der Waals surface area contributed by atoms with E-state index in [-0.39, 0.29) is 0 Å². The van der Waals surface area contributed by atoms with E-state index in [4.69, 9.17) is 11.6 Å². The van der Waals surface area contributed by atoms with Crippen LogP contribution in [0.3, 0.4) is 0 Å². The molecule has 1 unspecified atom stereocenters. The zero-order valence-corrected chi connectivity index (χ0v) is 12.8. The van der Waals surface area contributed by atoms with Gasteiger partial charge >= 0.3 is 0 Å². The second-order valence-corrected chi connectivity index (χ2v) is 5.15. The van der Waals surface area contributed by atoms with Gasteiger partial charge in [0.15, 0.2) is 0 Å². The first kappa shape index (κ1) is 15.9. The van der Waals surface area contributed by atoms with Gasteiger partial charge in [-0.1, -0.05) is 24.6 Å². The molecule has 6 heteroatoms. The lowest BCUT2D eigenvalue weighted by molar-refractivity contribution is 0.500. The molecule has 1 N–H and O–H groups in total. The molecule has 0 radical (unpaired) electrons. The van der Waals surface area contributed by atoms with Crippen LogP contribution in [0.4, 0.5) is 8.78 Å². The van der Waals surface area contributed by atoms with Gasteiger partial charge in [0.05, 0.1) is 23.0 Å². The standard InChI is InChI=1S/C15H18ClF2N3/c1-3-7-19-14(11-6-5-10(17)8-13(11)18)15-12(16)9-20-21(15)4-2/h5-6,8-9,14,19H,3-4,7H2,1-2H3. The molecule has 114 valence electrons. The van der Waals surface area contributed by atoms with Gasteiger partial charge in [0.1, 0.15) is 11.6 Å². The fraction of sp³-hybridized carbons (Fsp3) is 0.400. The molecule has 0 aliphatic heterocycles. The number of hydrogen-bond acceptors (Lipinski definition) is 2. The number of halogens is 3. The van der Waals surface area contributed by atoms with Gasteiger partial charge in [0, 0.05) is 18.2 Å². The number of hydrogen-bond donors (Lipinski definition) is 1. The SMILES string of the molecule is CCCNC(c1ccc(F)cc1F)c1c(Cl)cnn1CC. The van der Waals surface area contributed by atoms with Crippen molar-refractivity contribution in [3.63, 3.8) is 0 Å². The summed E-state index contributed by atoms with van der Waals surface area (Å²) in [4.78, 5) is 0. The third kappa shape index (κ3) is 3.41. The smallest absolute Gasteiger partial charge is 0.131 e. The maximum Gasteiger partial charge on any atom is 0.131 e. The summed E-state index contributed by atoms with van der Waals surface area (Å²) in [5.41, 5.74) is 1.06. The average molecular weight is 314 g/mol. The zero-order chi connectivity index (χ0) is 15.4. The van der Waals surface area contributed by atoms with Crippen LogP contribution >= 0.6 is 11.6 Å². The minimum atomic E-state index is -0.597. The van der Waals surface area contributed by atoms with Gasteiger partial charge in [-0.3, -0.25) is 4.68 Å². The molecule has 1 heterocycles. The summed E-state index contributed by atoms with van der Waals surface area (Å²) >= 11 is 6.21. The average Bonchev–Trinajstić information content (AvgIpc) is 2.82. The Morgan fingerprint density at radius 1 is 1.33 bits per heavy atom. The predicted molar refractivity (Wildman–Crippen MR) is 79.4 cm³/mol. The first-order valence-corrected chi connectivity index (χ1v) is 7.35. The van der Waals surface area contributed by atoms with Crippen molar-refractivity contribution in [2.24, 2.45) is 0 Å². The molecular weight excluding hydrogens is 296 g/mol. The number of nitrogens with zero attached hydrogens (tertiary/aromatic N) is 2. The normalized spacial score (nSPS) is 12.6. The highest BCUT2D eigenvalue weighted by molar-refractivity contribution is 6.31. The molecule has 0 saturated carbocycles. The first-order valence-electron chi connectivity index (χ1n) is 6.98. The van der Waals surface area contributed by atoms with Gasteiger partial charge in [-0.05, 0) is 26.0 Å². The minimum Gasteiger partial charge on any atom is -0.305 e. The van der Waals surface area contributed by atoms with Crippen LogP contribution in [-0.4, -0.2) is 16.3 Å². The van der Waals surface area contributed by atoms with E-state index >= 15 is 0 Å². The Labute approximate surface area is 127 Å². The quantitative estimate of drug-likeness (QED) is 0.876. The van der Waals surface area contributed by atoms with Gasteiger partial charge in [0.2, 0.25) is 0 Å². The van der Waals surface area contributed by atoms with Crippen molar-refractivity contribution < 1.29 is 8.78 Å². The van der Waals surface area contributed by atoms with Gasteiger partial charge in [-0.15, -0.1) is 0 Å². The van der Waals surface area contributed by atoms with E-state index in [9.17, 15) is 8.78 Å². The van der Waals surface area contributed by atoms with Crippen LogP contribution in [0.25, 0.3) is 0 Å². The molecule has 0 saturated heterocycles. The second kappa shape index (κ2) is 7.00. The molecule has 0 aliphatic rings. The fourth-order valence-electron chi connectivity index (χ4n) is 2.29. The largest absolute Gasteiger partial charge is 0.305 e. The number of nitrogens with one attached hydrogen (secondary N) is 1. The molecule has 21 heavy (non-hydrogen) atoms. The van der Waals surface area contributed by atoms with Crippen molar-refractivity contribution in [1.29, 1.82) is 0 Å². The maximum atomic E-state index is 14.1. The van der Waals surface area contributed by atoms with Gasteiger partial charge in [-0.2, -0.15) is 5.10 Å². The number of benzene rings is 1. The summed E-state index contributed by atoms with van der Waals surface area (Å²) in [7, 11) is 0. The monoisotopic (exact) mass is 313 g/mol. The lowest BCUT2D eigenvalue weighted by atomic mass is 10.0. The highest BCUT2D eigenvalue weighted by atomic mass is 35.5. The van der Waals surface area contributed by atoms with Crippen molar-refractivity contribution in [1.82, 2.24) is 15.1 Å². The molecule has 1 aromatic carbocycles. The molecule has 0 amide bonds. The Balaban J connectivity index is 2.49. The van der Waals surface area contributed by atoms with Crippen molar-refractivity contribution in [3.8, 4) is 0 Å². The first-order chi connectivity index (χ1) is 10.1. The Kier molecular flexibility index (Phi) is 5.31. The Bertz CT molecular complexity index is 613. The number of aryl methyl sites for hydroxylation is 1. The summed E-state index contributed by atoms with van der Waals surface area (Å²) in [6.45, 7) is 5.26. The molecule has 0 fully saturated rings. The lowest BCUT2D eigenvalue weighted by Crippen LogP contribution is -2.27. The number of aromatic nitrogens is 2. The van der Waals surface area contributed by atoms with Crippen LogP contribution in [0.1, 0.15) is 37.6 Å². The topological polar surface area (TPSA) is 29.9 Å². The summed E-state index contributed by atoms with van der Waals surface area (Å²) in [5, 5.41) is 7.91. The lowest BCUT2D eigenvalue weighted by Gasteiger charge is -2.21. The highest BCUT2D eigenvalue weighted by Gasteiger charge is 2.24. The molecular formula is C15H18ClF2N3. The molecule has 0 aliphatic carbocycles. The van der Waals surface area contributed by atoms with Gasteiger partial charge in [0.25, 0.3) is 0 Å². The predicted octanol–water partition coefficient (Wildman–Crippen LogP) is 3.92. The number of rotatable bonds is 6. The minimum absolute atomic E-state index is 0.363. The fourth-order valence-corrected chi connectivity index (χ4v) is 2.54. The third-order valence-corrected chi connectivity index (χ3v) is 3.57. The van der Waals surface area contributed by atoms with E-state index in [0.29, 0.717) is 29.4 Å². The van der Waals surface area contributed by atoms with Crippen molar-refractivity contribution in [2.75, 3.05) is 6.54 Å². The zero-order valence-electron chi connectivity index (χ0n) is 12.0. The van der Waals surface area contributed by atoms with Crippen LogP contribution < -0.4 is 5.32 Å². The molecule has 0 bridgehead atoms. The highest BCUT2D eigenvalue weighted by Crippen LogP contribution is 2.30. The second-order valence-electron chi connectivity index (χ2n) is 4.75. The maximum absolute atomic E-state index is 14.1. The van der Waals surface area contributed by atoms with E-state index in [2.05, 4.69) is 10.4 Å². The molecule has 2 rings (SSSR count). The van der Waals surface area contributed by atoms with E-state index in [1.807, 2.05) is 13.8 Å². The Morgan fingerprint density at radius 2 is 2.10 bits per heavy atom. The molecule has 1 atom stereocenters. The van der Waals surface area contributed by atoms with Crippen LogP contribution in [0.15, 0.2) is 24.4 Å². The Morgan fingerprint density at radius 3 is 2.71 bits per heavy atom. The van der Waals surface area contributed by atoms with Crippen LogP contribution in [0.2, 0.25) is 5.02 Å². The van der Waals surface area contributed by atoms with Crippen LogP contribution in [0, 0.1) is 11.6 Å². The molecule has 2 aromatic rings. The van der Waals surface area contributed by atoms with E-state index in [0.717, 1.165) is 12.5 Å². The van der Waals surface area contributed by atoms with E-state index < -0.39 is 17.7 Å². The summed E-state index contributed by atoms with van der Waals surface area (Å²) in [6.07, 6.45) is 2.43. The Hall–Kier alpha value is -1.46. The molecule has 0 spiro atoms. The van der Waals surface area contributed by atoms with Crippen molar-refractivity contribution in [2.45, 2.75) is 32.9 Å². The van der Waals surface area contributed by atoms with E-state index in [1.165, 1.54) is 12.1 Å². The van der Waals surface area contributed by atoms with Crippen LogP contribution in [-0.2, 0) is 6.54 Å². The van der Waals surface area contributed by atoms with Crippen molar-refractivity contribution >= 4 is 11.6 Å². The van der Waals surface area contributed by atoms with Gasteiger partial charge < -0.3 is 5.32 Å². The summed E-state index contributed by atoms with van der Waals surface area (Å²) in [6, 6.07) is 3.12. The summed E-state index contributed by atoms with van der Waals surface area (Å²) in [5.74, 6) is -1.19. The molecule has 3 nitrogen and oxygen atoms in total. The molecule has 1 aromatic heterocycles. The summed E-state index contributed by atoms with van der Waals surface area (Å²) < 4.78 is 29.0. The third-order valence-electron chi connectivity index (χ3n) is 3.28. The van der Waals surface area contributed by atoms with Crippen molar-refractivity contribution in [3.05, 3.63) is 52.3 Å². The van der Waals surface area contributed by atoms with Crippen LogP contribution in [0.5, 0.6) is 0 Å².